The average molecular weight is 239 g/mol. The Labute approximate surface area is 107 Å². The van der Waals surface area contributed by atoms with Crippen LogP contribution >= 0.6 is 0 Å². The van der Waals surface area contributed by atoms with Gasteiger partial charge in [-0.2, -0.15) is 5.26 Å². The number of nitrogens with zero attached hydrogens (tertiary/aromatic N) is 1. The van der Waals surface area contributed by atoms with E-state index >= 15 is 0 Å². The van der Waals surface area contributed by atoms with Crippen LogP contribution in [0.4, 0.5) is 4.39 Å². The lowest BCUT2D eigenvalue weighted by molar-refractivity contribution is 0.626. The third kappa shape index (κ3) is 2.95. The Morgan fingerprint density at radius 2 is 1.89 bits per heavy atom. The highest BCUT2D eigenvalue weighted by Gasteiger charge is 2.11. The molecule has 90 valence electrons. The molecular formula is C16H14FN. The fraction of sp³-hybridized carbons (Fsp3) is 0.188. The van der Waals surface area contributed by atoms with E-state index in [-0.39, 0.29) is 11.7 Å². The molecule has 0 aliphatic rings. The summed E-state index contributed by atoms with van der Waals surface area (Å²) < 4.78 is 12.9. The number of hydrogen-bond acceptors (Lipinski definition) is 1. The number of halogens is 1. The van der Waals surface area contributed by atoms with Gasteiger partial charge < -0.3 is 0 Å². The Kier molecular flexibility index (Phi) is 3.74. The van der Waals surface area contributed by atoms with Crippen LogP contribution in [-0.4, -0.2) is 0 Å². The van der Waals surface area contributed by atoms with E-state index in [1.54, 1.807) is 12.1 Å². The van der Waals surface area contributed by atoms with Crippen LogP contribution in [0, 0.1) is 24.1 Å². The molecule has 0 bridgehead atoms. The Morgan fingerprint density at radius 1 is 1.17 bits per heavy atom. The van der Waals surface area contributed by atoms with Crippen molar-refractivity contribution in [1.82, 2.24) is 0 Å². The van der Waals surface area contributed by atoms with Crippen LogP contribution in [0.1, 0.15) is 22.6 Å². The molecule has 1 nitrogen and oxygen atoms in total. The van der Waals surface area contributed by atoms with Crippen molar-refractivity contribution in [3.8, 4) is 6.07 Å². The highest BCUT2D eigenvalue weighted by molar-refractivity contribution is 5.30. The number of benzene rings is 2. The molecule has 0 aliphatic heterocycles. The number of aryl methyl sites for hydroxylation is 1. The van der Waals surface area contributed by atoms with E-state index in [0.717, 1.165) is 11.1 Å². The fourth-order valence-electron chi connectivity index (χ4n) is 2.01. The molecule has 2 heteroatoms. The highest BCUT2D eigenvalue weighted by Crippen LogP contribution is 2.21. The number of hydrogen-bond donors (Lipinski definition) is 0. The fourth-order valence-corrected chi connectivity index (χ4v) is 2.01. The van der Waals surface area contributed by atoms with Crippen molar-refractivity contribution in [1.29, 1.82) is 5.26 Å². The van der Waals surface area contributed by atoms with Crippen LogP contribution in [0.3, 0.4) is 0 Å². The van der Waals surface area contributed by atoms with Crippen molar-refractivity contribution < 1.29 is 4.39 Å². The number of nitriles is 1. The normalized spacial score (nSPS) is 11.8. The SMILES string of the molecule is Cc1cccc(CC(C#N)c2ccc(F)cc2)c1. The van der Waals surface area contributed by atoms with Crippen molar-refractivity contribution in [2.45, 2.75) is 19.3 Å². The second-order valence-corrected chi connectivity index (χ2v) is 4.43. The van der Waals surface area contributed by atoms with E-state index in [0.29, 0.717) is 6.42 Å². The molecule has 0 aromatic heterocycles. The molecule has 0 saturated heterocycles. The maximum Gasteiger partial charge on any atom is 0.123 e. The lowest BCUT2D eigenvalue weighted by atomic mass is 9.93. The van der Waals surface area contributed by atoms with Crippen molar-refractivity contribution in [3.05, 3.63) is 71.0 Å². The van der Waals surface area contributed by atoms with Crippen LogP contribution in [-0.2, 0) is 6.42 Å². The zero-order chi connectivity index (χ0) is 13.0. The van der Waals surface area contributed by atoms with Crippen LogP contribution in [0.15, 0.2) is 48.5 Å². The highest BCUT2D eigenvalue weighted by atomic mass is 19.1. The lowest BCUT2D eigenvalue weighted by Gasteiger charge is -2.10. The molecule has 1 unspecified atom stereocenters. The Hall–Kier alpha value is -2.14. The van der Waals surface area contributed by atoms with Crippen molar-refractivity contribution in [3.63, 3.8) is 0 Å². The quantitative estimate of drug-likeness (QED) is 0.794. The standard InChI is InChI=1S/C16H14FN/c1-12-3-2-4-13(9-12)10-15(11-18)14-5-7-16(17)8-6-14/h2-9,15H,10H2,1H3. The summed E-state index contributed by atoms with van der Waals surface area (Å²) in [5.41, 5.74) is 3.18. The molecule has 0 heterocycles. The first-order chi connectivity index (χ1) is 8.69. The Balaban J connectivity index is 2.20. The molecule has 2 aromatic rings. The zero-order valence-corrected chi connectivity index (χ0v) is 10.2. The van der Waals surface area contributed by atoms with Gasteiger partial charge in [-0.15, -0.1) is 0 Å². The first kappa shape index (κ1) is 12.3. The predicted octanol–water partition coefficient (Wildman–Crippen LogP) is 3.98. The summed E-state index contributed by atoms with van der Waals surface area (Å²) in [5, 5.41) is 9.24. The summed E-state index contributed by atoms with van der Waals surface area (Å²) in [6.07, 6.45) is 0.657. The molecule has 0 N–H and O–H groups in total. The van der Waals surface area contributed by atoms with E-state index in [1.807, 2.05) is 25.1 Å². The number of rotatable bonds is 3. The second kappa shape index (κ2) is 5.46. The minimum Gasteiger partial charge on any atom is -0.207 e. The van der Waals surface area contributed by atoms with Crippen LogP contribution in [0.5, 0.6) is 0 Å². The minimum atomic E-state index is -0.272. The van der Waals surface area contributed by atoms with Crippen molar-refractivity contribution >= 4 is 0 Å². The molecule has 0 saturated carbocycles. The summed E-state index contributed by atoms with van der Waals surface area (Å²) in [4.78, 5) is 0. The van der Waals surface area contributed by atoms with Gasteiger partial charge in [-0.25, -0.2) is 4.39 Å². The topological polar surface area (TPSA) is 23.8 Å². The maximum atomic E-state index is 12.9. The zero-order valence-electron chi connectivity index (χ0n) is 10.2. The van der Waals surface area contributed by atoms with E-state index in [2.05, 4.69) is 12.1 Å². The van der Waals surface area contributed by atoms with E-state index in [4.69, 9.17) is 0 Å². The van der Waals surface area contributed by atoms with Gasteiger partial charge >= 0.3 is 0 Å². The van der Waals surface area contributed by atoms with Gasteiger partial charge in [0.1, 0.15) is 5.82 Å². The van der Waals surface area contributed by atoms with Crippen LogP contribution in [0.2, 0.25) is 0 Å². The van der Waals surface area contributed by atoms with Gasteiger partial charge in [0.25, 0.3) is 0 Å². The summed E-state index contributed by atoms with van der Waals surface area (Å²) in [6, 6.07) is 16.6. The molecule has 0 spiro atoms. The van der Waals surface area contributed by atoms with Gasteiger partial charge in [-0.3, -0.25) is 0 Å². The first-order valence-electron chi connectivity index (χ1n) is 5.89. The summed E-state index contributed by atoms with van der Waals surface area (Å²) in [5.74, 6) is -0.501. The first-order valence-corrected chi connectivity index (χ1v) is 5.89. The summed E-state index contributed by atoms with van der Waals surface area (Å²) >= 11 is 0. The summed E-state index contributed by atoms with van der Waals surface area (Å²) in [6.45, 7) is 2.03. The minimum absolute atomic E-state index is 0.229. The van der Waals surface area contributed by atoms with Crippen molar-refractivity contribution in [2.24, 2.45) is 0 Å². The smallest absolute Gasteiger partial charge is 0.123 e. The molecule has 2 rings (SSSR count). The van der Waals surface area contributed by atoms with Gasteiger partial charge in [0.05, 0.1) is 12.0 Å². The molecule has 0 radical (unpaired) electrons. The van der Waals surface area contributed by atoms with E-state index in [9.17, 15) is 9.65 Å². The van der Waals surface area contributed by atoms with Crippen molar-refractivity contribution in [2.75, 3.05) is 0 Å². The van der Waals surface area contributed by atoms with E-state index < -0.39 is 0 Å². The molecule has 18 heavy (non-hydrogen) atoms. The third-order valence-electron chi connectivity index (χ3n) is 2.95. The largest absolute Gasteiger partial charge is 0.207 e. The Bertz CT molecular complexity index is 566. The molecule has 0 fully saturated rings. The predicted molar refractivity (Wildman–Crippen MR) is 69.6 cm³/mol. The van der Waals surface area contributed by atoms with E-state index in [1.165, 1.54) is 17.7 Å². The van der Waals surface area contributed by atoms with Gasteiger partial charge in [0, 0.05) is 0 Å². The van der Waals surface area contributed by atoms with Gasteiger partial charge in [0.15, 0.2) is 0 Å². The molecular weight excluding hydrogens is 225 g/mol. The van der Waals surface area contributed by atoms with Gasteiger partial charge in [-0.05, 0) is 36.6 Å². The van der Waals surface area contributed by atoms with Gasteiger partial charge in [-0.1, -0.05) is 42.0 Å². The molecule has 0 amide bonds. The van der Waals surface area contributed by atoms with Crippen LogP contribution in [0.25, 0.3) is 0 Å². The second-order valence-electron chi connectivity index (χ2n) is 4.43. The average Bonchev–Trinajstić information content (AvgIpc) is 2.37. The lowest BCUT2D eigenvalue weighted by Crippen LogP contribution is -2.00. The Morgan fingerprint density at radius 3 is 2.50 bits per heavy atom. The van der Waals surface area contributed by atoms with Gasteiger partial charge in [0.2, 0.25) is 0 Å². The molecule has 1 atom stereocenters. The summed E-state index contributed by atoms with van der Waals surface area (Å²) in [7, 11) is 0. The monoisotopic (exact) mass is 239 g/mol. The molecule has 0 aliphatic carbocycles. The van der Waals surface area contributed by atoms with Crippen LogP contribution < -0.4 is 0 Å². The maximum absolute atomic E-state index is 12.9. The third-order valence-corrected chi connectivity index (χ3v) is 2.95. The molecule has 2 aromatic carbocycles.